The number of hydrogen-bond acceptors (Lipinski definition) is 1. The SMILES string of the molecule is OC(c1ccc(F)c(Cl)c1)c1ccc2[nH]ccc2c1. The molecule has 1 aromatic heterocycles. The van der Waals surface area contributed by atoms with Crippen molar-refractivity contribution in [1.29, 1.82) is 0 Å². The molecule has 0 spiro atoms. The zero-order valence-electron chi connectivity index (χ0n) is 9.90. The first kappa shape index (κ1) is 12.2. The van der Waals surface area contributed by atoms with Crippen molar-refractivity contribution in [2.24, 2.45) is 0 Å². The Morgan fingerprint density at radius 3 is 2.58 bits per heavy atom. The smallest absolute Gasteiger partial charge is 0.141 e. The van der Waals surface area contributed by atoms with Gasteiger partial charge in [0.1, 0.15) is 11.9 Å². The van der Waals surface area contributed by atoms with Gasteiger partial charge >= 0.3 is 0 Å². The van der Waals surface area contributed by atoms with E-state index in [1.54, 1.807) is 0 Å². The Morgan fingerprint density at radius 2 is 1.79 bits per heavy atom. The number of aromatic amines is 1. The first-order valence-electron chi connectivity index (χ1n) is 5.85. The minimum absolute atomic E-state index is 0.0132. The van der Waals surface area contributed by atoms with Gasteiger partial charge in [0.2, 0.25) is 0 Å². The van der Waals surface area contributed by atoms with Crippen LogP contribution in [-0.4, -0.2) is 10.1 Å². The predicted molar refractivity (Wildman–Crippen MR) is 73.8 cm³/mol. The number of nitrogens with one attached hydrogen (secondary N) is 1. The summed E-state index contributed by atoms with van der Waals surface area (Å²) in [6.07, 6.45) is 1.02. The van der Waals surface area contributed by atoms with Crippen molar-refractivity contribution in [2.75, 3.05) is 0 Å². The fraction of sp³-hybridized carbons (Fsp3) is 0.0667. The number of hydrogen-bond donors (Lipinski definition) is 2. The van der Waals surface area contributed by atoms with Gasteiger partial charge in [0.05, 0.1) is 5.02 Å². The maximum absolute atomic E-state index is 13.1. The second kappa shape index (κ2) is 4.68. The highest BCUT2D eigenvalue weighted by Gasteiger charge is 2.13. The van der Waals surface area contributed by atoms with Gasteiger partial charge in [-0.3, -0.25) is 0 Å². The summed E-state index contributed by atoms with van der Waals surface area (Å²) >= 11 is 5.73. The molecule has 2 aromatic carbocycles. The topological polar surface area (TPSA) is 36.0 Å². The van der Waals surface area contributed by atoms with Gasteiger partial charge in [0.15, 0.2) is 0 Å². The molecule has 0 radical (unpaired) electrons. The summed E-state index contributed by atoms with van der Waals surface area (Å²) < 4.78 is 13.1. The van der Waals surface area contributed by atoms with Gasteiger partial charge in [-0.2, -0.15) is 0 Å². The Kier molecular flexibility index (Phi) is 3.01. The largest absolute Gasteiger partial charge is 0.384 e. The summed E-state index contributed by atoms with van der Waals surface area (Å²) in [5, 5.41) is 11.3. The van der Waals surface area contributed by atoms with Crippen LogP contribution < -0.4 is 0 Å². The van der Waals surface area contributed by atoms with E-state index in [0.29, 0.717) is 5.56 Å². The lowest BCUT2D eigenvalue weighted by Crippen LogP contribution is -1.99. The van der Waals surface area contributed by atoms with Gasteiger partial charge in [0, 0.05) is 11.7 Å². The number of rotatable bonds is 2. The van der Waals surface area contributed by atoms with Crippen LogP contribution in [0.4, 0.5) is 4.39 Å². The first-order chi connectivity index (χ1) is 9.15. The summed E-state index contributed by atoms with van der Waals surface area (Å²) in [6.45, 7) is 0. The zero-order chi connectivity index (χ0) is 13.4. The fourth-order valence-electron chi connectivity index (χ4n) is 2.12. The van der Waals surface area contributed by atoms with Crippen LogP contribution in [0.1, 0.15) is 17.2 Å². The fourth-order valence-corrected chi connectivity index (χ4v) is 2.31. The lowest BCUT2D eigenvalue weighted by atomic mass is 10.0. The van der Waals surface area contributed by atoms with E-state index in [-0.39, 0.29) is 5.02 Å². The van der Waals surface area contributed by atoms with E-state index in [9.17, 15) is 9.50 Å². The quantitative estimate of drug-likeness (QED) is 0.727. The average molecular weight is 276 g/mol. The second-order valence-electron chi connectivity index (χ2n) is 4.40. The lowest BCUT2D eigenvalue weighted by Gasteiger charge is -2.12. The van der Waals surface area contributed by atoms with E-state index in [1.807, 2.05) is 30.5 Å². The first-order valence-corrected chi connectivity index (χ1v) is 6.23. The molecule has 0 bridgehead atoms. The van der Waals surface area contributed by atoms with Gasteiger partial charge in [-0.15, -0.1) is 0 Å². The van der Waals surface area contributed by atoms with Crippen LogP contribution in [0.3, 0.4) is 0 Å². The highest BCUT2D eigenvalue weighted by Crippen LogP contribution is 2.27. The monoisotopic (exact) mass is 275 g/mol. The van der Waals surface area contributed by atoms with E-state index < -0.39 is 11.9 Å². The zero-order valence-corrected chi connectivity index (χ0v) is 10.7. The van der Waals surface area contributed by atoms with Crippen LogP contribution in [0, 0.1) is 5.82 Å². The minimum Gasteiger partial charge on any atom is -0.384 e. The predicted octanol–water partition coefficient (Wildman–Crippen LogP) is 4.04. The normalized spacial score (nSPS) is 12.8. The standard InChI is InChI=1S/C15H11ClFNO/c16-12-8-11(1-3-13(12)17)15(19)10-2-4-14-9(7-10)5-6-18-14/h1-8,15,18-19H. The van der Waals surface area contributed by atoms with Crippen molar-refractivity contribution >= 4 is 22.5 Å². The molecule has 3 aromatic rings. The van der Waals surface area contributed by atoms with Gasteiger partial charge in [-0.1, -0.05) is 23.7 Å². The van der Waals surface area contributed by atoms with Gasteiger partial charge in [-0.05, 0) is 46.8 Å². The molecule has 2 nitrogen and oxygen atoms in total. The van der Waals surface area contributed by atoms with Crippen molar-refractivity contribution in [3.05, 3.63) is 70.6 Å². The summed E-state index contributed by atoms with van der Waals surface area (Å²) in [5.74, 6) is -0.487. The maximum Gasteiger partial charge on any atom is 0.141 e. The van der Waals surface area contributed by atoms with Crippen molar-refractivity contribution in [1.82, 2.24) is 4.98 Å². The van der Waals surface area contributed by atoms with E-state index in [2.05, 4.69) is 4.98 Å². The third-order valence-corrected chi connectivity index (χ3v) is 3.44. The average Bonchev–Trinajstić information content (AvgIpc) is 2.88. The molecule has 0 aliphatic heterocycles. The number of aromatic nitrogens is 1. The number of benzene rings is 2. The summed E-state index contributed by atoms with van der Waals surface area (Å²) in [5.41, 5.74) is 2.32. The van der Waals surface area contributed by atoms with Crippen LogP contribution >= 0.6 is 11.6 Å². The highest BCUT2D eigenvalue weighted by atomic mass is 35.5. The van der Waals surface area contributed by atoms with Crippen molar-refractivity contribution in [3.8, 4) is 0 Å². The molecular weight excluding hydrogens is 265 g/mol. The number of halogens is 2. The molecule has 3 rings (SSSR count). The van der Waals surface area contributed by atoms with Crippen LogP contribution in [0.15, 0.2) is 48.7 Å². The molecule has 0 fully saturated rings. The molecule has 0 saturated heterocycles. The summed E-state index contributed by atoms with van der Waals surface area (Å²) in [6, 6.07) is 11.8. The summed E-state index contributed by atoms with van der Waals surface area (Å²) in [4.78, 5) is 3.09. The Morgan fingerprint density at radius 1 is 1.05 bits per heavy atom. The van der Waals surface area contributed by atoms with Crippen LogP contribution in [0.25, 0.3) is 10.9 Å². The van der Waals surface area contributed by atoms with Crippen molar-refractivity contribution in [3.63, 3.8) is 0 Å². The number of aliphatic hydroxyl groups is 1. The minimum atomic E-state index is -0.822. The second-order valence-corrected chi connectivity index (χ2v) is 4.81. The molecule has 0 aliphatic rings. The van der Waals surface area contributed by atoms with Gasteiger partial charge in [0.25, 0.3) is 0 Å². The maximum atomic E-state index is 13.1. The Bertz CT molecular complexity index is 738. The van der Waals surface area contributed by atoms with E-state index >= 15 is 0 Å². The molecule has 96 valence electrons. The molecule has 1 heterocycles. The molecule has 0 saturated carbocycles. The number of H-pyrrole nitrogens is 1. The molecule has 4 heteroatoms. The molecule has 1 atom stereocenters. The lowest BCUT2D eigenvalue weighted by molar-refractivity contribution is 0.220. The molecular formula is C15H11ClFNO. The third-order valence-electron chi connectivity index (χ3n) is 3.15. The molecule has 1 unspecified atom stereocenters. The number of aliphatic hydroxyl groups excluding tert-OH is 1. The third kappa shape index (κ3) is 2.23. The van der Waals surface area contributed by atoms with Crippen LogP contribution in [0.5, 0.6) is 0 Å². The molecule has 0 amide bonds. The molecule has 2 N–H and O–H groups in total. The van der Waals surface area contributed by atoms with E-state index in [1.165, 1.54) is 18.2 Å². The van der Waals surface area contributed by atoms with Gasteiger partial charge < -0.3 is 10.1 Å². The van der Waals surface area contributed by atoms with Gasteiger partial charge in [-0.25, -0.2) is 4.39 Å². The highest BCUT2D eigenvalue weighted by molar-refractivity contribution is 6.30. The Balaban J connectivity index is 2.01. The van der Waals surface area contributed by atoms with E-state index in [0.717, 1.165) is 16.5 Å². The van der Waals surface area contributed by atoms with Crippen molar-refractivity contribution in [2.45, 2.75) is 6.10 Å². The molecule has 19 heavy (non-hydrogen) atoms. The number of fused-ring (bicyclic) bond motifs is 1. The molecule has 0 aliphatic carbocycles. The van der Waals surface area contributed by atoms with E-state index in [4.69, 9.17) is 11.6 Å². The Hall–Kier alpha value is -1.84. The van der Waals surface area contributed by atoms with Crippen LogP contribution in [0.2, 0.25) is 5.02 Å². The van der Waals surface area contributed by atoms with Crippen LogP contribution in [-0.2, 0) is 0 Å². The van der Waals surface area contributed by atoms with Crippen molar-refractivity contribution < 1.29 is 9.50 Å². The summed E-state index contributed by atoms with van der Waals surface area (Å²) in [7, 11) is 0. The Labute approximate surface area is 114 Å².